The van der Waals surface area contributed by atoms with Crippen LogP contribution in [0, 0.1) is 0 Å². The Balaban J connectivity index is 2.89. The zero-order chi connectivity index (χ0) is 10.6. The molecule has 0 aromatic carbocycles. The molecule has 0 aliphatic rings. The standard InChI is InChI=1S/C10H12BrNO2/c1-2-3-4-9(13)8-5-7(11)6-12-10(8)14/h5-6H,2-4H2,1H3,(H,12,14). The number of hydrogen-bond acceptors (Lipinski definition) is 2. The summed E-state index contributed by atoms with van der Waals surface area (Å²) in [6, 6.07) is 1.57. The number of rotatable bonds is 4. The molecule has 0 amide bonds. The van der Waals surface area contributed by atoms with Gasteiger partial charge in [0.1, 0.15) is 0 Å². The van der Waals surface area contributed by atoms with Crippen LogP contribution >= 0.6 is 15.9 Å². The molecule has 0 atom stereocenters. The highest BCUT2D eigenvalue weighted by molar-refractivity contribution is 9.10. The van der Waals surface area contributed by atoms with Crippen molar-refractivity contribution in [2.24, 2.45) is 0 Å². The molecule has 76 valence electrons. The van der Waals surface area contributed by atoms with Crippen LogP contribution in [0.1, 0.15) is 36.5 Å². The summed E-state index contributed by atoms with van der Waals surface area (Å²) in [5, 5.41) is 0. The smallest absolute Gasteiger partial charge is 0.258 e. The molecular formula is C10H12BrNO2. The molecular weight excluding hydrogens is 246 g/mol. The molecule has 14 heavy (non-hydrogen) atoms. The van der Waals surface area contributed by atoms with Gasteiger partial charge in [0, 0.05) is 17.1 Å². The zero-order valence-corrected chi connectivity index (χ0v) is 9.56. The second-order valence-electron chi connectivity index (χ2n) is 3.09. The van der Waals surface area contributed by atoms with Crippen molar-refractivity contribution in [1.29, 1.82) is 0 Å². The Bertz CT molecular complexity index is 384. The molecule has 0 aliphatic carbocycles. The Kier molecular flexibility index (Phi) is 4.07. The van der Waals surface area contributed by atoms with Gasteiger partial charge in [0.25, 0.3) is 5.56 Å². The van der Waals surface area contributed by atoms with Gasteiger partial charge >= 0.3 is 0 Å². The van der Waals surface area contributed by atoms with E-state index in [0.29, 0.717) is 6.42 Å². The molecule has 3 nitrogen and oxygen atoms in total. The van der Waals surface area contributed by atoms with Crippen molar-refractivity contribution in [3.63, 3.8) is 0 Å². The van der Waals surface area contributed by atoms with E-state index < -0.39 is 0 Å². The van der Waals surface area contributed by atoms with Crippen LogP contribution in [0.4, 0.5) is 0 Å². The van der Waals surface area contributed by atoms with Crippen molar-refractivity contribution in [3.05, 3.63) is 32.7 Å². The molecule has 1 aromatic rings. The fourth-order valence-corrected chi connectivity index (χ4v) is 1.48. The third-order valence-electron chi connectivity index (χ3n) is 1.93. The molecule has 0 radical (unpaired) electrons. The van der Waals surface area contributed by atoms with Gasteiger partial charge in [-0.1, -0.05) is 13.3 Å². The first-order valence-electron chi connectivity index (χ1n) is 4.56. The summed E-state index contributed by atoms with van der Waals surface area (Å²) in [4.78, 5) is 25.3. The second-order valence-corrected chi connectivity index (χ2v) is 4.00. The van der Waals surface area contributed by atoms with Crippen molar-refractivity contribution in [1.82, 2.24) is 4.98 Å². The SMILES string of the molecule is CCCCC(=O)c1cc(Br)c[nH]c1=O. The number of halogens is 1. The van der Waals surface area contributed by atoms with Gasteiger partial charge in [-0.3, -0.25) is 9.59 Å². The predicted molar refractivity (Wildman–Crippen MR) is 58.6 cm³/mol. The van der Waals surface area contributed by atoms with Crippen molar-refractivity contribution in [2.45, 2.75) is 26.2 Å². The Morgan fingerprint density at radius 3 is 2.93 bits per heavy atom. The van der Waals surface area contributed by atoms with E-state index in [1.54, 1.807) is 6.07 Å². The number of carbonyl (C=O) groups is 1. The van der Waals surface area contributed by atoms with E-state index in [0.717, 1.165) is 17.3 Å². The summed E-state index contributed by atoms with van der Waals surface area (Å²) in [6.45, 7) is 2.01. The number of nitrogens with one attached hydrogen (secondary N) is 1. The summed E-state index contributed by atoms with van der Waals surface area (Å²) in [5.41, 5.74) is -0.0675. The van der Waals surface area contributed by atoms with Gasteiger partial charge in [0.05, 0.1) is 5.56 Å². The minimum absolute atomic E-state index is 0.0885. The molecule has 0 saturated carbocycles. The van der Waals surface area contributed by atoms with Gasteiger partial charge in [0.15, 0.2) is 5.78 Å². The summed E-state index contributed by atoms with van der Waals surface area (Å²) in [7, 11) is 0. The lowest BCUT2D eigenvalue weighted by atomic mass is 10.1. The van der Waals surface area contributed by atoms with E-state index in [2.05, 4.69) is 20.9 Å². The molecule has 0 spiro atoms. The Morgan fingerprint density at radius 1 is 1.57 bits per heavy atom. The van der Waals surface area contributed by atoms with Crippen LogP contribution in [0.25, 0.3) is 0 Å². The number of pyridine rings is 1. The van der Waals surface area contributed by atoms with Crippen molar-refractivity contribution in [2.75, 3.05) is 0 Å². The maximum Gasteiger partial charge on any atom is 0.258 e. The number of aromatic nitrogens is 1. The first-order chi connectivity index (χ1) is 6.65. The van der Waals surface area contributed by atoms with Crippen molar-refractivity contribution in [3.8, 4) is 0 Å². The number of hydrogen-bond donors (Lipinski definition) is 1. The van der Waals surface area contributed by atoms with E-state index in [1.807, 2.05) is 6.92 Å². The molecule has 0 bridgehead atoms. The maximum atomic E-state index is 11.5. The van der Waals surface area contributed by atoms with Gasteiger partial charge < -0.3 is 4.98 Å². The zero-order valence-electron chi connectivity index (χ0n) is 7.97. The molecule has 0 saturated heterocycles. The van der Waals surface area contributed by atoms with E-state index in [1.165, 1.54) is 6.20 Å². The highest BCUT2D eigenvalue weighted by Gasteiger charge is 2.09. The number of H-pyrrole nitrogens is 1. The quantitative estimate of drug-likeness (QED) is 0.843. The van der Waals surface area contributed by atoms with Crippen LogP contribution in [-0.4, -0.2) is 10.8 Å². The van der Waals surface area contributed by atoms with Gasteiger partial charge in [-0.25, -0.2) is 0 Å². The molecule has 0 unspecified atom stereocenters. The van der Waals surface area contributed by atoms with E-state index in [9.17, 15) is 9.59 Å². The number of Topliss-reactive ketones (excluding diaryl/α,β-unsaturated/α-hetero) is 1. The summed E-state index contributed by atoms with van der Waals surface area (Å²) >= 11 is 3.21. The summed E-state index contributed by atoms with van der Waals surface area (Å²) in [6.07, 6.45) is 3.75. The summed E-state index contributed by atoms with van der Waals surface area (Å²) in [5.74, 6) is -0.0885. The molecule has 0 aliphatic heterocycles. The van der Waals surface area contributed by atoms with Gasteiger partial charge in [-0.2, -0.15) is 0 Å². The van der Waals surface area contributed by atoms with E-state index in [-0.39, 0.29) is 16.9 Å². The topological polar surface area (TPSA) is 49.9 Å². The number of aromatic amines is 1. The fourth-order valence-electron chi connectivity index (χ4n) is 1.14. The molecule has 4 heteroatoms. The lowest BCUT2D eigenvalue weighted by Crippen LogP contribution is -2.16. The van der Waals surface area contributed by atoms with Crippen LogP contribution in [0.2, 0.25) is 0 Å². The fraction of sp³-hybridized carbons (Fsp3) is 0.400. The van der Waals surface area contributed by atoms with Gasteiger partial charge in [-0.15, -0.1) is 0 Å². The predicted octanol–water partition coefficient (Wildman–Crippen LogP) is 2.51. The van der Waals surface area contributed by atoms with Crippen molar-refractivity contribution < 1.29 is 4.79 Å². The van der Waals surface area contributed by atoms with Gasteiger partial charge in [0.2, 0.25) is 0 Å². The first-order valence-corrected chi connectivity index (χ1v) is 5.36. The monoisotopic (exact) mass is 257 g/mol. The minimum atomic E-state index is -0.311. The molecule has 1 aromatic heterocycles. The highest BCUT2D eigenvalue weighted by atomic mass is 79.9. The molecule has 1 N–H and O–H groups in total. The molecule has 1 heterocycles. The van der Waals surface area contributed by atoms with Crippen LogP contribution in [-0.2, 0) is 0 Å². The molecule has 0 fully saturated rings. The average molecular weight is 258 g/mol. The Labute approximate surface area is 90.7 Å². The lowest BCUT2D eigenvalue weighted by molar-refractivity contribution is 0.0978. The third-order valence-corrected chi connectivity index (χ3v) is 2.38. The largest absolute Gasteiger partial charge is 0.327 e. The third kappa shape index (κ3) is 2.80. The average Bonchev–Trinajstić information content (AvgIpc) is 2.18. The van der Waals surface area contributed by atoms with Crippen LogP contribution in [0.3, 0.4) is 0 Å². The summed E-state index contributed by atoms with van der Waals surface area (Å²) < 4.78 is 0.719. The molecule has 1 rings (SSSR count). The van der Waals surface area contributed by atoms with Crippen LogP contribution < -0.4 is 5.56 Å². The van der Waals surface area contributed by atoms with Gasteiger partial charge in [-0.05, 0) is 28.4 Å². The normalized spacial score (nSPS) is 10.1. The van der Waals surface area contributed by atoms with Crippen LogP contribution in [0.15, 0.2) is 21.5 Å². The highest BCUT2D eigenvalue weighted by Crippen LogP contribution is 2.09. The van der Waals surface area contributed by atoms with Crippen molar-refractivity contribution >= 4 is 21.7 Å². The van der Waals surface area contributed by atoms with E-state index in [4.69, 9.17) is 0 Å². The maximum absolute atomic E-state index is 11.5. The number of carbonyl (C=O) groups excluding carboxylic acids is 1. The first kappa shape index (κ1) is 11.2. The van der Waals surface area contributed by atoms with E-state index >= 15 is 0 Å². The Hall–Kier alpha value is -0.900. The Morgan fingerprint density at radius 2 is 2.29 bits per heavy atom. The number of ketones is 1. The van der Waals surface area contributed by atoms with Crippen LogP contribution in [0.5, 0.6) is 0 Å². The lowest BCUT2D eigenvalue weighted by Gasteiger charge is -1.99. The second kappa shape index (κ2) is 5.10. The number of unbranched alkanes of at least 4 members (excludes halogenated alkanes) is 1. The minimum Gasteiger partial charge on any atom is -0.327 e.